The number of hydrogen-bond donors (Lipinski definition) is 1. The molecule has 1 N–H and O–H groups in total. The number of carbonyl (C=O) groups is 1. The lowest BCUT2D eigenvalue weighted by Crippen LogP contribution is -1.89. The number of aromatic carboxylic acids is 1. The lowest BCUT2D eigenvalue weighted by molar-refractivity contribution is 0.0702. The molecule has 0 aliphatic heterocycles. The Morgan fingerprint density at radius 1 is 1.50 bits per heavy atom. The molecule has 6 heteroatoms. The Labute approximate surface area is 109 Å². The monoisotopic (exact) mass is 317 g/mol. The molecule has 0 atom stereocenters. The number of rotatable bonds is 2. The van der Waals surface area contributed by atoms with Crippen LogP contribution in [0.3, 0.4) is 0 Å². The second kappa shape index (κ2) is 4.53. The topological polar surface area (TPSA) is 50.2 Å². The van der Waals surface area contributed by atoms with Gasteiger partial charge in [-0.1, -0.05) is 17.7 Å². The van der Waals surface area contributed by atoms with Gasteiger partial charge >= 0.3 is 5.97 Å². The van der Waals surface area contributed by atoms with E-state index < -0.39 is 5.97 Å². The summed E-state index contributed by atoms with van der Waals surface area (Å²) >= 11 is 10.4. The molecule has 0 spiro atoms. The zero-order chi connectivity index (χ0) is 11.7. The summed E-state index contributed by atoms with van der Waals surface area (Å²) in [5.74, 6) is -0.966. The number of nitrogens with zero attached hydrogens (tertiary/aromatic N) is 1. The van der Waals surface area contributed by atoms with Gasteiger partial charge in [-0.15, -0.1) is 11.3 Å². The molecule has 2 rings (SSSR count). The fourth-order valence-corrected chi connectivity index (χ4v) is 2.31. The fraction of sp³-hybridized carbons (Fsp3) is 0. The first-order valence-electron chi connectivity index (χ1n) is 4.22. The van der Waals surface area contributed by atoms with Gasteiger partial charge < -0.3 is 5.11 Å². The predicted molar refractivity (Wildman–Crippen MR) is 67.2 cm³/mol. The zero-order valence-corrected chi connectivity index (χ0v) is 10.9. The standard InChI is InChI=1S/C10H5BrClNO2S/c11-6-2-1-5(3-7(6)12)9-13-4-8(16-9)10(14)15/h1-4H,(H,14,15). The van der Waals surface area contributed by atoms with E-state index in [4.69, 9.17) is 16.7 Å². The summed E-state index contributed by atoms with van der Waals surface area (Å²) in [6.45, 7) is 0. The van der Waals surface area contributed by atoms with E-state index in [9.17, 15) is 4.79 Å². The average Bonchev–Trinajstić information content (AvgIpc) is 2.71. The molecule has 0 fully saturated rings. The summed E-state index contributed by atoms with van der Waals surface area (Å²) in [6, 6.07) is 5.38. The van der Waals surface area contributed by atoms with Crippen molar-refractivity contribution in [3.05, 3.63) is 38.8 Å². The highest BCUT2D eigenvalue weighted by Gasteiger charge is 2.10. The maximum absolute atomic E-state index is 10.7. The van der Waals surface area contributed by atoms with E-state index in [1.807, 2.05) is 6.07 Å². The van der Waals surface area contributed by atoms with Gasteiger partial charge in [0.15, 0.2) is 0 Å². The predicted octanol–water partition coefficient (Wildman–Crippen LogP) is 3.92. The van der Waals surface area contributed by atoms with Gasteiger partial charge in [0.2, 0.25) is 0 Å². The van der Waals surface area contributed by atoms with Crippen LogP contribution < -0.4 is 0 Å². The average molecular weight is 319 g/mol. The van der Waals surface area contributed by atoms with Crippen LogP contribution in [-0.2, 0) is 0 Å². The molecular formula is C10H5BrClNO2S. The van der Waals surface area contributed by atoms with Crippen LogP contribution >= 0.6 is 38.9 Å². The Bertz CT molecular complexity index is 556. The molecule has 1 heterocycles. The Morgan fingerprint density at radius 2 is 2.25 bits per heavy atom. The van der Waals surface area contributed by atoms with E-state index >= 15 is 0 Å². The van der Waals surface area contributed by atoms with Crippen molar-refractivity contribution in [2.24, 2.45) is 0 Å². The van der Waals surface area contributed by atoms with Crippen molar-refractivity contribution in [1.29, 1.82) is 0 Å². The minimum absolute atomic E-state index is 0.217. The molecule has 0 radical (unpaired) electrons. The summed E-state index contributed by atoms with van der Waals surface area (Å²) in [5.41, 5.74) is 0.811. The first kappa shape index (κ1) is 11.6. The van der Waals surface area contributed by atoms with Crippen LogP contribution in [-0.4, -0.2) is 16.1 Å². The molecule has 2 aromatic rings. The third-order valence-electron chi connectivity index (χ3n) is 1.88. The van der Waals surface area contributed by atoms with Crippen molar-refractivity contribution in [1.82, 2.24) is 4.98 Å². The Hall–Kier alpha value is -0.910. The number of hydrogen-bond acceptors (Lipinski definition) is 3. The van der Waals surface area contributed by atoms with Gasteiger partial charge in [0.05, 0.1) is 11.2 Å². The molecule has 0 bridgehead atoms. The number of thiazole rings is 1. The molecule has 82 valence electrons. The summed E-state index contributed by atoms with van der Waals surface area (Å²) in [5, 5.41) is 10.00. The highest BCUT2D eigenvalue weighted by Crippen LogP contribution is 2.31. The van der Waals surface area contributed by atoms with Crippen molar-refractivity contribution in [3.8, 4) is 10.6 Å². The zero-order valence-electron chi connectivity index (χ0n) is 7.78. The van der Waals surface area contributed by atoms with E-state index in [0.29, 0.717) is 10.0 Å². The van der Waals surface area contributed by atoms with E-state index in [-0.39, 0.29) is 4.88 Å². The first-order chi connectivity index (χ1) is 7.58. The molecule has 3 nitrogen and oxygen atoms in total. The summed E-state index contributed by atoms with van der Waals surface area (Å²) in [4.78, 5) is 15.0. The molecular weight excluding hydrogens is 314 g/mol. The number of halogens is 2. The summed E-state index contributed by atoms with van der Waals surface area (Å²) in [6.07, 6.45) is 1.35. The molecule has 0 saturated carbocycles. The summed E-state index contributed by atoms with van der Waals surface area (Å²) < 4.78 is 0.799. The highest BCUT2D eigenvalue weighted by atomic mass is 79.9. The largest absolute Gasteiger partial charge is 0.477 e. The second-order valence-electron chi connectivity index (χ2n) is 2.96. The van der Waals surface area contributed by atoms with Crippen LogP contribution in [0, 0.1) is 0 Å². The number of benzene rings is 1. The lowest BCUT2D eigenvalue weighted by atomic mass is 10.2. The van der Waals surface area contributed by atoms with Crippen LogP contribution in [0.25, 0.3) is 10.6 Å². The molecule has 0 aliphatic carbocycles. The minimum atomic E-state index is -0.966. The van der Waals surface area contributed by atoms with Crippen LogP contribution in [0.2, 0.25) is 5.02 Å². The molecule has 1 aromatic heterocycles. The maximum atomic E-state index is 10.7. The maximum Gasteiger partial charge on any atom is 0.347 e. The normalized spacial score (nSPS) is 10.4. The van der Waals surface area contributed by atoms with E-state index in [0.717, 1.165) is 21.4 Å². The molecule has 0 aliphatic rings. The quantitative estimate of drug-likeness (QED) is 0.913. The van der Waals surface area contributed by atoms with Crippen LogP contribution in [0.15, 0.2) is 28.9 Å². The van der Waals surface area contributed by atoms with Gasteiger partial charge in [-0.2, -0.15) is 0 Å². The van der Waals surface area contributed by atoms with Crippen molar-refractivity contribution in [3.63, 3.8) is 0 Å². The van der Waals surface area contributed by atoms with Crippen LogP contribution in [0.1, 0.15) is 9.67 Å². The SMILES string of the molecule is O=C(O)c1cnc(-c2ccc(Br)c(Cl)c2)s1. The minimum Gasteiger partial charge on any atom is -0.477 e. The van der Waals surface area contributed by atoms with Gasteiger partial charge in [-0.05, 0) is 28.1 Å². The molecule has 1 aromatic carbocycles. The first-order valence-corrected chi connectivity index (χ1v) is 6.21. The van der Waals surface area contributed by atoms with Crippen molar-refractivity contribution in [2.45, 2.75) is 0 Å². The Morgan fingerprint density at radius 3 is 2.81 bits per heavy atom. The van der Waals surface area contributed by atoms with Crippen LogP contribution in [0.5, 0.6) is 0 Å². The number of carboxylic acids is 1. The Balaban J connectivity index is 2.42. The third-order valence-corrected chi connectivity index (χ3v) is 4.15. The van der Waals surface area contributed by atoms with Gasteiger partial charge in [-0.3, -0.25) is 0 Å². The van der Waals surface area contributed by atoms with Crippen molar-refractivity contribution in [2.75, 3.05) is 0 Å². The van der Waals surface area contributed by atoms with Gasteiger partial charge in [-0.25, -0.2) is 9.78 Å². The molecule has 16 heavy (non-hydrogen) atoms. The van der Waals surface area contributed by atoms with Crippen LogP contribution in [0.4, 0.5) is 0 Å². The molecule has 0 saturated heterocycles. The van der Waals surface area contributed by atoms with E-state index in [2.05, 4.69) is 20.9 Å². The fourth-order valence-electron chi connectivity index (χ4n) is 1.14. The van der Waals surface area contributed by atoms with E-state index in [1.165, 1.54) is 6.20 Å². The third kappa shape index (κ3) is 2.26. The molecule has 0 unspecified atom stereocenters. The second-order valence-corrected chi connectivity index (χ2v) is 5.26. The van der Waals surface area contributed by atoms with Gasteiger partial charge in [0.1, 0.15) is 9.88 Å². The van der Waals surface area contributed by atoms with E-state index in [1.54, 1.807) is 12.1 Å². The Kier molecular flexibility index (Phi) is 3.28. The number of aromatic nitrogens is 1. The van der Waals surface area contributed by atoms with Gasteiger partial charge in [0, 0.05) is 10.0 Å². The summed E-state index contributed by atoms with van der Waals surface area (Å²) in [7, 11) is 0. The smallest absolute Gasteiger partial charge is 0.347 e. The lowest BCUT2D eigenvalue weighted by Gasteiger charge is -1.98. The number of carboxylic acid groups (broad SMARTS) is 1. The molecule has 0 amide bonds. The van der Waals surface area contributed by atoms with Crippen molar-refractivity contribution >= 4 is 44.8 Å². The van der Waals surface area contributed by atoms with Crippen molar-refractivity contribution < 1.29 is 9.90 Å². The highest BCUT2D eigenvalue weighted by molar-refractivity contribution is 9.10. The van der Waals surface area contributed by atoms with Gasteiger partial charge in [0.25, 0.3) is 0 Å².